The van der Waals surface area contributed by atoms with Crippen LogP contribution in [0.3, 0.4) is 0 Å². The van der Waals surface area contributed by atoms with Crippen LogP contribution in [0.4, 0.5) is 0 Å². The lowest BCUT2D eigenvalue weighted by Gasteiger charge is -2.34. The minimum atomic E-state index is 0. The molecule has 1 aromatic carbocycles. The Kier molecular flexibility index (Phi) is 9.94. The summed E-state index contributed by atoms with van der Waals surface area (Å²) in [4.78, 5) is 6.57. The first kappa shape index (κ1) is 21.5. The van der Waals surface area contributed by atoms with E-state index in [-0.39, 0.29) is 30.1 Å². The summed E-state index contributed by atoms with van der Waals surface area (Å²) in [5, 5.41) is 3.40. The monoisotopic (exact) mass is 513 g/mol. The van der Waals surface area contributed by atoms with Gasteiger partial charge in [0.05, 0.1) is 26.4 Å². The number of aliphatic imine (C=N–C) groups is 1. The topological polar surface area (TPSA) is 55.3 Å². The summed E-state index contributed by atoms with van der Waals surface area (Å²) >= 11 is 3.50. The number of nitrogens with zero attached hydrogens (tertiary/aromatic N) is 2. The minimum absolute atomic E-state index is 0. The van der Waals surface area contributed by atoms with Gasteiger partial charge in [0.15, 0.2) is 5.96 Å². The number of hydrogen-bond acceptors (Lipinski definition) is 4. The van der Waals surface area contributed by atoms with Crippen LogP contribution in [0.2, 0.25) is 0 Å². The molecule has 0 aliphatic carbocycles. The number of halogens is 2. The van der Waals surface area contributed by atoms with Crippen LogP contribution in [0.1, 0.15) is 5.56 Å². The molecule has 1 N–H and O–H groups in total. The smallest absolute Gasteiger partial charge is 0.194 e. The third kappa shape index (κ3) is 6.05. The maximum Gasteiger partial charge on any atom is 0.194 e. The van der Waals surface area contributed by atoms with E-state index in [1.807, 2.05) is 18.2 Å². The molecule has 1 aliphatic rings. The summed E-state index contributed by atoms with van der Waals surface area (Å²) in [6.45, 7) is 3.49. The van der Waals surface area contributed by atoms with E-state index in [4.69, 9.17) is 14.2 Å². The number of guanidine groups is 1. The predicted molar refractivity (Wildman–Crippen MR) is 109 cm³/mol. The van der Waals surface area contributed by atoms with Gasteiger partial charge < -0.3 is 24.4 Å². The molecule has 2 rings (SSSR count). The molecule has 24 heavy (non-hydrogen) atoms. The molecule has 0 amide bonds. The van der Waals surface area contributed by atoms with Gasteiger partial charge in [-0.2, -0.15) is 0 Å². The van der Waals surface area contributed by atoms with Crippen LogP contribution < -0.4 is 10.1 Å². The molecule has 1 aromatic rings. The fourth-order valence-electron chi connectivity index (χ4n) is 2.59. The van der Waals surface area contributed by atoms with Crippen LogP contribution in [0, 0.1) is 0 Å². The molecule has 6 nitrogen and oxygen atoms in total. The SMILES string of the molecule is CN=C(NCc1cc(Br)ccc1OC)N1CCOC(COC)C1.I. The van der Waals surface area contributed by atoms with Crippen molar-refractivity contribution in [3.05, 3.63) is 28.2 Å². The summed E-state index contributed by atoms with van der Waals surface area (Å²) in [5.41, 5.74) is 1.07. The van der Waals surface area contributed by atoms with Crippen LogP contribution in [-0.2, 0) is 16.0 Å². The lowest BCUT2D eigenvalue weighted by Crippen LogP contribution is -2.51. The van der Waals surface area contributed by atoms with Crippen molar-refractivity contribution < 1.29 is 14.2 Å². The van der Waals surface area contributed by atoms with E-state index >= 15 is 0 Å². The highest BCUT2D eigenvalue weighted by Gasteiger charge is 2.22. The van der Waals surface area contributed by atoms with Crippen molar-refractivity contribution in [1.82, 2.24) is 10.2 Å². The molecule has 1 unspecified atom stereocenters. The molecule has 0 saturated carbocycles. The second-order valence-corrected chi connectivity index (χ2v) is 6.17. The Bertz CT molecular complexity index is 543. The average Bonchev–Trinajstić information content (AvgIpc) is 2.56. The largest absolute Gasteiger partial charge is 0.496 e. The zero-order chi connectivity index (χ0) is 16.7. The molecule has 0 spiro atoms. The van der Waals surface area contributed by atoms with Gasteiger partial charge in [-0.15, -0.1) is 24.0 Å². The fourth-order valence-corrected chi connectivity index (χ4v) is 3.00. The van der Waals surface area contributed by atoms with E-state index in [9.17, 15) is 0 Å². The Hall–Kier alpha value is -0.580. The van der Waals surface area contributed by atoms with Crippen LogP contribution in [-0.4, -0.2) is 64.5 Å². The van der Waals surface area contributed by atoms with Gasteiger partial charge >= 0.3 is 0 Å². The number of rotatable bonds is 5. The molecule has 1 aliphatic heterocycles. The first-order valence-corrected chi connectivity index (χ1v) is 8.35. The molecule has 0 bridgehead atoms. The molecule has 136 valence electrons. The highest BCUT2D eigenvalue weighted by molar-refractivity contribution is 14.0. The van der Waals surface area contributed by atoms with Gasteiger partial charge in [-0.1, -0.05) is 15.9 Å². The maximum absolute atomic E-state index is 5.68. The highest BCUT2D eigenvalue weighted by atomic mass is 127. The molecular weight excluding hydrogens is 489 g/mol. The van der Waals surface area contributed by atoms with Crippen molar-refractivity contribution in [2.45, 2.75) is 12.6 Å². The van der Waals surface area contributed by atoms with Crippen LogP contribution >= 0.6 is 39.9 Å². The van der Waals surface area contributed by atoms with Crippen molar-refractivity contribution in [2.75, 3.05) is 47.6 Å². The van der Waals surface area contributed by atoms with E-state index < -0.39 is 0 Å². The third-order valence-corrected chi connectivity index (χ3v) is 4.18. The first-order valence-electron chi connectivity index (χ1n) is 7.56. The molecule has 1 heterocycles. The van der Waals surface area contributed by atoms with Crippen molar-refractivity contribution in [1.29, 1.82) is 0 Å². The molecule has 8 heteroatoms. The number of morpholine rings is 1. The van der Waals surface area contributed by atoms with Crippen molar-refractivity contribution in [3.63, 3.8) is 0 Å². The van der Waals surface area contributed by atoms with Crippen LogP contribution in [0.25, 0.3) is 0 Å². The van der Waals surface area contributed by atoms with Gasteiger partial charge in [0, 0.05) is 43.8 Å². The lowest BCUT2D eigenvalue weighted by atomic mass is 10.2. The molecular formula is C16H25BrIN3O3. The normalized spacial score (nSPS) is 18.1. The zero-order valence-electron chi connectivity index (χ0n) is 14.3. The standard InChI is InChI=1S/C16H24BrN3O3.HI/c1-18-16(20-6-7-23-14(10-20)11-21-2)19-9-12-8-13(17)4-5-15(12)22-3;/h4-5,8,14H,6-7,9-11H2,1-3H3,(H,18,19);1H. The molecule has 0 aromatic heterocycles. The van der Waals surface area contributed by atoms with E-state index in [0.717, 1.165) is 34.8 Å². The maximum atomic E-state index is 5.68. The second kappa shape index (κ2) is 11.1. The predicted octanol–water partition coefficient (Wildman–Crippen LogP) is 2.50. The van der Waals surface area contributed by atoms with Crippen molar-refractivity contribution >= 4 is 45.9 Å². The Morgan fingerprint density at radius 2 is 2.25 bits per heavy atom. The lowest BCUT2D eigenvalue weighted by molar-refractivity contribution is -0.0447. The summed E-state index contributed by atoms with van der Waals surface area (Å²) in [7, 11) is 5.16. The Balaban J connectivity index is 0.00000288. The minimum Gasteiger partial charge on any atom is -0.496 e. The Labute approximate surface area is 169 Å². The number of benzene rings is 1. The quantitative estimate of drug-likeness (QED) is 0.372. The number of nitrogens with one attached hydrogen (secondary N) is 1. The highest BCUT2D eigenvalue weighted by Crippen LogP contribution is 2.22. The zero-order valence-corrected chi connectivity index (χ0v) is 18.2. The van der Waals surface area contributed by atoms with E-state index in [1.54, 1.807) is 21.3 Å². The number of methoxy groups -OCH3 is 2. The molecule has 0 radical (unpaired) electrons. The summed E-state index contributed by atoms with van der Waals surface area (Å²) in [6, 6.07) is 5.97. The van der Waals surface area contributed by atoms with Gasteiger partial charge in [0.2, 0.25) is 0 Å². The van der Waals surface area contributed by atoms with Gasteiger partial charge in [0.25, 0.3) is 0 Å². The molecule has 1 fully saturated rings. The molecule has 1 atom stereocenters. The van der Waals surface area contributed by atoms with Crippen LogP contribution in [0.15, 0.2) is 27.7 Å². The van der Waals surface area contributed by atoms with E-state index in [1.165, 1.54) is 0 Å². The summed E-state index contributed by atoms with van der Waals surface area (Å²) < 4.78 is 17.3. The number of hydrogen-bond donors (Lipinski definition) is 1. The average molecular weight is 514 g/mol. The second-order valence-electron chi connectivity index (χ2n) is 5.25. The Morgan fingerprint density at radius 1 is 1.46 bits per heavy atom. The van der Waals surface area contributed by atoms with Crippen LogP contribution in [0.5, 0.6) is 5.75 Å². The van der Waals surface area contributed by atoms with Gasteiger partial charge in [0.1, 0.15) is 5.75 Å². The van der Waals surface area contributed by atoms with E-state index in [2.05, 4.69) is 31.1 Å². The van der Waals surface area contributed by atoms with Crippen molar-refractivity contribution in [3.8, 4) is 5.75 Å². The van der Waals surface area contributed by atoms with Gasteiger partial charge in [-0.25, -0.2) is 0 Å². The fraction of sp³-hybridized carbons (Fsp3) is 0.562. The first-order chi connectivity index (χ1) is 11.2. The third-order valence-electron chi connectivity index (χ3n) is 3.68. The number of ether oxygens (including phenoxy) is 3. The Morgan fingerprint density at radius 3 is 2.92 bits per heavy atom. The van der Waals surface area contributed by atoms with Gasteiger partial charge in [-0.05, 0) is 18.2 Å². The molecule has 1 saturated heterocycles. The summed E-state index contributed by atoms with van der Waals surface area (Å²) in [5.74, 6) is 1.71. The van der Waals surface area contributed by atoms with Gasteiger partial charge in [-0.3, -0.25) is 4.99 Å². The van der Waals surface area contributed by atoms with E-state index in [0.29, 0.717) is 19.8 Å². The summed E-state index contributed by atoms with van der Waals surface area (Å²) in [6.07, 6.45) is 0.0766. The van der Waals surface area contributed by atoms with Crippen molar-refractivity contribution in [2.24, 2.45) is 4.99 Å².